The molecule has 0 saturated heterocycles. The standard InChI is InChI=1S/C11H9FN4/c1-7-10(6-13)11(16-15-7)14-9-4-2-8(12)3-5-9/h2-5H,1H3,(H2,14,15,16). The lowest BCUT2D eigenvalue weighted by atomic mass is 10.2. The first-order valence-corrected chi connectivity index (χ1v) is 4.68. The SMILES string of the molecule is Cc1[nH]nc(Nc2ccc(F)cc2)c1C#N. The Hall–Kier alpha value is -2.35. The number of hydrogen-bond acceptors (Lipinski definition) is 3. The Balaban J connectivity index is 2.27. The number of hydrogen-bond donors (Lipinski definition) is 2. The molecule has 0 bridgehead atoms. The Bertz CT molecular complexity index is 536. The molecule has 2 N–H and O–H groups in total. The Morgan fingerprint density at radius 2 is 2.06 bits per heavy atom. The molecular weight excluding hydrogens is 207 g/mol. The van der Waals surface area contributed by atoms with Crippen molar-refractivity contribution in [2.75, 3.05) is 5.32 Å². The van der Waals surface area contributed by atoms with E-state index in [9.17, 15) is 4.39 Å². The fourth-order valence-corrected chi connectivity index (χ4v) is 1.33. The van der Waals surface area contributed by atoms with Gasteiger partial charge in [-0.15, -0.1) is 0 Å². The molecule has 0 amide bonds. The summed E-state index contributed by atoms with van der Waals surface area (Å²) in [6, 6.07) is 7.90. The van der Waals surface area contributed by atoms with Crippen LogP contribution in [-0.4, -0.2) is 10.2 Å². The number of halogens is 1. The molecule has 5 heteroatoms. The van der Waals surface area contributed by atoms with Crippen LogP contribution in [-0.2, 0) is 0 Å². The van der Waals surface area contributed by atoms with E-state index in [-0.39, 0.29) is 5.82 Å². The minimum atomic E-state index is -0.302. The summed E-state index contributed by atoms with van der Waals surface area (Å²) in [4.78, 5) is 0. The van der Waals surface area contributed by atoms with Gasteiger partial charge in [0, 0.05) is 5.69 Å². The van der Waals surface area contributed by atoms with Gasteiger partial charge in [0.15, 0.2) is 5.82 Å². The van der Waals surface area contributed by atoms with E-state index in [1.165, 1.54) is 12.1 Å². The summed E-state index contributed by atoms with van der Waals surface area (Å²) in [6.07, 6.45) is 0. The van der Waals surface area contributed by atoms with E-state index in [0.717, 1.165) is 0 Å². The Kier molecular flexibility index (Phi) is 2.56. The number of H-pyrrole nitrogens is 1. The van der Waals surface area contributed by atoms with Crippen molar-refractivity contribution < 1.29 is 4.39 Å². The van der Waals surface area contributed by atoms with Gasteiger partial charge in [0.05, 0.1) is 5.69 Å². The van der Waals surface area contributed by atoms with Gasteiger partial charge in [0.1, 0.15) is 17.4 Å². The smallest absolute Gasteiger partial charge is 0.170 e. The molecule has 1 aromatic carbocycles. The largest absolute Gasteiger partial charge is 0.338 e. The lowest BCUT2D eigenvalue weighted by Gasteiger charge is -2.02. The van der Waals surface area contributed by atoms with E-state index >= 15 is 0 Å². The second-order valence-electron chi connectivity index (χ2n) is 3.32. The van der Waals surface area contributed by atoms with Crippen molar-refractivity contribution in [1.82, 2.24) is 10.2 Å². The van der Waals surface area contributed by atoms with Gasteiger partial charge in [-0.2, -0.15) is 10.4 Å². The number of aromatic nitrogens is 2. The summed E-state index contributed by atoms with van der Waals surface area (Å²) in [5, 5.41) is 18.5. The number of aryl methyl sites for hydroxylation is 1. The van der Waals surface area contributed by atoms with Crippen molar-refractivity contribution in [3.05, 3.63) is 41.3 Å². The Morgan fingerprint density at radius 1 is 1.38 bits per heavy atom. The predicted octanol–water partition coefficient (Wildman–Crippen LogP) is 2.47. The Morgan fingerprint density at radius 3 is 2.69 bits per heavy atom. The Labute approximate surface area is 91.7 Å². The van der Waals surface area contributed by atoms with Crippen molar-refractivity contribution in [3.8, 4) is 6.07 Å². The van der Waals surface area contributed by atoms with Crippen LogP contribution in [0.1, 0.15) is 11.3 Å². The molecule has 0 radical (unpaired) electrons. The fourth-order valence-electron chi connectivity index (χ4n) is 1.33. The zero-order valence-electron chi connectivity index (χ0n) is 8.58. The molecule has 1 aromatic heterocycles. The second-order valence-corrected chi connectivity index (χ2v) is 3.32. The zero-order valence-corrected chi connectivity index (χ0v) is 8.58. The average molecular weight is 216 g/mol. The molecule has 0 aliphatic heterocycles. The molecule has 2 aromatic rings. The van der Waals surface area contributed by atoms with Gasteiger partial charge in [-0.25, -0.2) is 4.39 Å². The molecule has 0 atom stereocenters. The van der Waals surface area contributed by atoms with Crippen molar-refractivity contribution in [1.29, 1.82) is 5.26 Å². The van der Waals surface area contributed by atoms with Crippen LogP contribution in [0.3, 0.4) is 0 Å². The van der Waals surface area contributed by atoms with Crippen molar-refractivity contribution in [3.63, 3.8) is 0 Å². The minimum Gasteiger partial charge on any atom is -0.338 e. The van der Waals surface area contributed by atoms with Crippen LogP contribution in [0, 0.1) is 24.1 Å². The highest BCUT2D eigenvalue weighted by atomic mass is 19.1. The molecule has 0 unspecified atom stereocenters. The number of nitrogens with one attached hydrogen (secondary N) is 2. The molecule has 1 heterocycles. The third-order valence-corrected chi connectivity index (χ3v) is 2.17. The van der Waals surface area contributed by atoms with Crippen LogP contribution in [0.15, 0.2) is 24.3 Å². The quantitative estimate of drug-likeness (QED) is 0.810. The topological polar surface area (TPSA) is 64.5 Å². The van der Waals surface area contributed by atoms with Crippen LogP contribution in [0.25, 0.3) is 0 Å². The molecule has 0 spiro atoms. The maximum Gasteiger partial charge on any atom is 0.170 e. The van der Waals surface area contributed by atoms with E-state index in [1.807, 2.05) is 6.07 Å². The number of rotatable bonds is 2. The van der Waals surface area contributed by atoms with Crippen molar-refractivity contribution in [2.45, 2.75) is 6.92 Å². The van der Waals surface area contributed by atoms with Gasteiger partial charge in [-0.05, 0) is 31.2 Å². The molecule has 16 heavy (non-hydrogen) atoms. The van der Waals surface area contributed by atoms with Gasteiger partial charge in [0.25, 0.3) is 0 Å². The number of nitrogens with zero attached hydrogens (tertiary/aromatic N) is 2. The van der Waals surface area contributed by atoms with Gasteiger partial charge in [0.2, 0.25) is 0 Å². The number of benzene rings is 1. The second kappa shape index (κ2) is 4.03. The normalized spacial score (nSPS) is 9.81. The predicted molar refractivity (Wildman–Crippen MR) is 57.7 cm³/mol. The number of anilines is 2. The molecule has 80 valence electrons. The van der Waals surface area contributed by atoms with E-state index < -0.39 is 0 Å². The van der Waals surface area contributed by atoms with Crippen LogP contribution in [0.2, 0.25) is 0 Å². The highest BCUT2D eigenvalue weighted by Gasteiger charge is 2.09. The summed E-state index contributed by atoms with van der Waals surface area (Å²) in [5.41, 5.74) is 1.85. The summed E-state index contributed by atoms with van der Waals surface area (Å²) in [6.45, 7) is 1.77. The first-order valence-electron chi connectivity index (χ1n) is 4.68. The van der Waals surface area contributed by atoms with Gasteiger partial charge < -0.3 is 5.32 Å². The fraction of sp³-hybridized carbons (Fsp3) is 0.0909. The van der Waals surface area contributed by atoms with E-state index in [2.05, 4.69) is 15.5 Å². The van der Waals surface area contributed by atoms with Crippen LogP contribution in [0.5, 0.6) is 0 Å². The highest BCUT2D eigenvalue weighted by molar-refractivity contribution is 5.63. The maximum atomic E-state index is 12.7. The van der Waals surface area contributed by atoms with E-state index in [0.29, 0.717) is 22.8 Å². The summed E-state index contributed by atoms with van der Waals surface area (Å²) < 4.78 is 12.7. The third kappa shape index (κ3) is 1.86. The molecule has 0 saturated carbocycles. The summed E-state index contributed by atoms with van der Waals surface area (Å²) in [5.74, 6) is 0.149. The van der Waals surface area contributed by atoms with E-state index in [1.54, 1.807) is 19.1 Å². The average Bonchev–Trinajstić information content (AvgIpc) is 2.63. The van der Waals surface area contributed by atoms with Crippen molar-refractivity contribution in [2.24, 2.45) is 0 Å². The molecule has 2 rings (SSSR count). The van der Waals surface area contributed by atoms with Gasteiger partial charge in [-0.3, -0.25) is 5.10 Å². The number of aromatic amines is 1. The first kappa shape index (κ1) is 10.2. The van der Waals surface area contributed by atoms with Crippen molar-refractivity contribution >= 4 is 11.5 Å². The monoisotopic (exact) mass is 216 g/mol. The molecule has 0 aliphatic rings. The first-order chi connectivity index (χ1) is 7.70. The molecular formula is C11H9FN4. The lowest BCUT2D eigenvalue weighted by molar-refractivity contribution is 0.628. The van der Waals surface area contributed by atoms with Crippen LogP contribution >= 0.6 is 0 Å². The van der Waals surface area contributed by atoms with Crippen LogP contribution in [0.4, 0.5) is 15.9 Å². The summed E-state index contributed by atoms with van der Waals surface area (Å²) in [7, 11) is 0. The van der Waals surface area contributed by atoms with Gasteiger partial charge >= 0.3 is 0 Å². The lowest BCUT2D eigenvalue weighted by Crippen LogP contribution is -1.93. The minimum absolute atomic E-state index is 0.302. The maximum absolute atomic E-state index is 12.7. The molecule has 0 fully saturated rings. The van der Waals surface area contributed by atoms with E-state index in [4.69, 9.17) is 5.26 Å². The van der Waals surface area contributed by atoms with Crippen LogP contribution < -0.4 is 5.32 Å². The molecule has 0 aliphatic carbocycles. The third-order valence-electron chi connectivity index (χ3n) is 2.17. The van der Waals surface area contributed by atoms with Gasteiger partial charge in [-0.1, -0.05) is 0 Å². The molecule has 4 nitrogen and oxygen atoms in total. The highest BCUT2D eigenvalue weighted by Crippen LogP contribution is 2.20. The zero-order chi connectivity index (χ0) is 11.5. The summed E-state index contributed by atoms with van der Waals surface area (Å²) >= 11 is 0. The number of nitriles is 1.